The molecule has 1 atom stereocenters. The van der Waals surface area contributed by atoms with Crippen molar-refractivity contribution in [1.82, 2.24) is 0 Å². The third kappa shape index (κ3) is 1.79. The Bertz CT molecular complexity index is 323. The van der Waals surface area contributed by atoms with E-state index in [1.807, 2.05) is 0 Å². The molecule has 0 spiro atoms. The number of nitrogens with zero attached hydrogens (tertiary/aromatic N) is 6. The Hall–Kier alpha value is -2.11. The van der Waals surface area contributed by atoms with Crippen molar-refractivity contribution in [2.75, 3.05) is 6.61 Å². The van der Waals surface area contributed by atoms with Crippen LogP contribution in [0.15, 0.2) is 10.2 Å². The van der Waals surface area contributed by atoms with Crippen LogP contribution in [0.5, 0.6) is 0 Å². The fourth-order valence-corrected chi connectivity index (χ4v) is 0.927. The molecule has 1 unspecified atom stereocenters. The van der Waals surface area contributed by atoms with Crippen molar-refractivity contribution in [2.45, 2.75) is 18.7 Å². The van der Waals surface area contributed by atoms with Crippen LogP contribution in [0, 0.1) is 0 Å². The van der Waals surface area contributed by atoms with Gasteiger partial charge in [-0.15, -0.1) is 0 Å². The predicted octanol–water partition coefficient (Wildman–Crippen LogP) is 1.86. The van der Waals surface area contributed by atoms with Crippen LogP contribution in [0.4, 0.5) is 4.79 Å². The Kier molecular flexibility index (Phi) is 2.66. The molecule has 1 heterocycles. The minimum absolute atomic E-state index is 0.104. The van der Waals surface area contributed by atoms with Gasteiger partial charge in [-0.3, -0.25) is 0 Å². The maximum atomic E-state index is 10.6. The Morgan fingerprint density at radius 1 is 1.50 bits per heavy atom. The second-order valence-corrected chi connectivity index (χ2v) is 2.64. The molecular formula is C5H6N6O3. The highest BCUT2D eigenvalue weighted by Gasteiger charge is 2.41. The van der Waals surface area contributed by atoms with Gasteiger partial charge >= 0.3 is 6.16 Å². The van der Waals surface area contributed by atoms with Gasteiger partial charge in [0.1, 0.15) is 6.61 Å². The van der Waals surface area contributed by atoms with Crippen molar-refractivity contribution >= 4 is 6.16 Å². The van der Waals surface area contributed by atoms with E-state index in [1.54, 1.807) is 0 Å². The first-order valence-electron chi connectivity index (χ1n) is 3.58. The van der Waals surface area contributed by atoms with Crippen molar-refractivity contribution in [3.8, 4) is 0 Å². The van der Waals surface area contributed by atoms with Crippen LogP contribution in [0.25, 0.3) is 20.9 Å². The lowest BCUT2D eigenvalue weighted by Crippen LogP contribution is -2.36. The third-order valence-corrected chi connectivity index (χ3v) is 1.70. The molecule has 1 rings (SSSR count). The van der Waals surface area contributed by atoms with E-state index >= 15 is 0 Å². The SMILES string of the molecule is CC(N=[N+]=[N-])(N=[N+]=[N-])C1COC(=O)O1. The van der Waals surface area contributed by atoms with Crippen molar-refractivity contribution in [3.05, 3.63) is 20.9 Å². The Morgan fingerprint density at radius 2 is 2.07 bits per heavy atom. The monoisotopic (exact) mass is 198 g/mol. The highest BCUT2D eigenvalue weighted by Crippen LogP contribution is 2.25. The minimum atomic E-state index is -1.49. The van der Waals surface area contributed by atoms with Crippen molar-refractivity contribution in [3.63, 3.8) is 0 Å². The number of carbonyl (C=O) groups excluding carboxylic acids is 1. The van der Waals surface area contributed by atoms with E-state index in [0.717, 1.165) is 0 Å². The molecular weight excluding hydrogens is 192 g/mol. The standard InChI is InChI=1S/C5H6N6O3/c1-5(8-10-6,9-11-7)3-2-13-4(12)14-3/h3H,2H2,1H3. The van der Waals surface area contributed by atoms with E-state index in [-0.39, 0.29) is 6.61 Å². The number of ether oxygens (including phenoxy) is 2. The third-order valence-electron chi connectivity index (χ3n) is 1.70. The van der Waals surface area contributed by atoms with E-state index in [4.69, 9.17) is 11.1 Å². The summed E-state index contributed by atoms with van der Waals surface area (Å²) in [6.45, 7) is 1.24. The van der Waals surface area contributed by atoms with Crippen LogP contribution in [0.2, 0.25) is 0 Å². The molecule has 0 radical (unpaired) electrons. The van der Waals surface area contributed by atoms with E-state index in [9.17, 15) is 4.79 Å². The first kappa shape index (κ1) is 9.97. The number of azide groups is 1. The van der Waals surface area contributed by atoms with Gasteiger partial charge in [-0.05, 0) is 18.0 Å². The first-order valence-corrected chi connectivity index (χ1v) is 3.58. The zero-order valence-electron chi connectivity index (χ0n) is 7.19. The Morgan fingerprint density at radius 3 is 2.43 bits per heavy atom. The zero-order valence-corrected chi connectivity index (χ0v) is 7.19. The van der Waals surface area contributed by atoms with Crippen LogP contribution in [0.1, 0.15) is 6.92 Å². The van der Waals surface area contributed by atoms with Crippen molar-refractivity contribution < 1.29 is 14.3 Å². The fourth-order valence-electron chi connectivity index (χ4n) is 0.927. The molecule has 14 heavy (non-hydrogen) atoms. The molecule has 1 aliphatic heterocycles. The number of carbonyl (C=O) groups is 1. The summed E-state index contributed by atoms with van der Waals surface area (Å²) in [5, 5.41) is 6.53. The molecule has 1 fully saturated rings. The predicted molar refractivity (Wildman–Crippen MR) is 42.9 cm³/mol. The number of cyclic esters (lactones) is 2. The molecule has 0 aromatic carbocycles. The highest BCUT2D eigenvalue weighted by atomic mass is 16.8. The maximum absolute atomic E-state index is 10.6. The van der Waals surface area contributed by atoms with Gasteiger partial charge < -0.3 is 9.47 Å². The molecule has 0 saturated carbocycles. The average molecular weight is 198 g/mol. The molecule has 1 aliphatic rings. The lowest BCUT2D eigenvalue weighted by molar-refractivity contribution is 0.0929. The van der Waals surface area contributed by atoms with E-state index in [2.05, 4.69) is 29.5 Å². The topological polar surface area (TPSA) is 133 Å². The molecule has 0 N–H and O–H groups in total. The van der Waals surface area contributed by atoms with Gasteiger partial charge in [0.2, 0.25) is 0 Å². The van der Waals surface area contributed by atoms with Crippen LogP contribution in [0.3, 0.4) is 0 Å². The summed E-state index contributed by atoms with van der Waals surface area (Å²) in [5.74, 6) is 0. The molecule has 0 aliphatic carbocycles. The largest absolute Gasteiger partial charge is 0.508 e. The van der Waals surface area contributed by atoms with Gasteiger partial charge in [-0.2, -0.15) is 0 Å². The number of hydrogen-bond acceptors (Lipinski definition) is 5. The molecule has 0 aromatic rings. The van der Waals surface area contributed by atoms with E-state index in [1.165, 1.54) is 6.92 Å². The molecule has 0 bridgehead atoms. The summed E-state index contributed by atoms with van der Waals surface area (Å²) in [6.07, 6.45) is -1.76. The first-order chi connectivity index (χ1) is 6.62. The van der Waals surface area contributed by atoms with Gasteiger partial charge in [-0.1, -0.05) is 10.2 Å². The lowest BCUT2D eigenvalue weighted by Gasteiger charge is -2.21. The molecule has 0 aromatic heterocycles. The minimum Gasteiger partial charge on any atom is -0.430 e. The molecule has 74 valence electrons. The Balaban J connectivity index is 2.93. The summed E-state index contributed by atoms with van der Waals surface area (Å²) in [4.78, 5) is 15.6. The van der Waals surface area contributed by atoms with Crippen LogP contribution < -0.4 is 0 Å². The summed E-state index contributed by atoms with van der Waals surface area (Å²) in [5.41, 5.74) is 15.0. The maximum Gasteiger partial charge on any atom is 0.508 e. The normalized spacial score (nSPS) is 23.5. The summed E-state index contributed by atoms with van der Waals surface area (Å²) in [7, 11) is 0. The average Bonchev–Trinajstić information content (AvgIpc) is 2.53. The molecule has 0 amide bonds. The highest BCUT2D eigenvalue weighted by molar-refractivity contribution is 5.62. The van der Waals surface area contributed by atoms with Gasteiger partial charge in [0.15, 0.2) is 11.8 Å². The number of hydrogen-bond donors (Lipinski definition) is 0. The van der Waals surface area contributed by atoms with Crippen LogP contribution in [-0.4, -0.2) is 24.5 Å². The van der Waals surface area contributed by atoms with Gasteiger partial charge in [-0.25, -0.2) is 4.79 Å². The lowest BCUT2D eigenvalue weighted by atomic mass is 10.1. The summed E-state index contributed by atoms with van der Waals surface area (Å²) >= 11 is 0. The second kappa shape index (κ2) is 3.73. The van der Waals surface area contributed by atoms with Gasteiger partial charge in [0, 0.05) is 9.82 Å². The van der Waals surface area contributed by atoms with Crippen molar-refractivity contribution in [2.24, 2.45) is 10.2 Å². The Labute approximate surface area is 77.8 Å². The van der Waals surface area contributed by atoms with E-state index in [0.29, 0.717) is 0 Å². The molecule has 9 nitrogen and oxygen atoms in total. The summed E-state index contributed by atoms with van der Waals surface area (Å²) in [6, 6.07) is 0. The number of rotatable bonds is 3. The van der Waals surface area contributed by atoms with Crippen LogP contribution in [-0.2, 0) is 9.47 Å². The second-order valence-electron chi connectivity index (χ2n) is 2.64. The molecule has 9 heteroatoms. The van der Waals surface area contributed by atoms with Crippen LogP contribution >= 0.6 is 0 Å². The van der Waals surface area contributed by atoms with E-state index < -0.39 is 17.9 Å². The summed E-state index contributed by atoms with van der Waals surface area (Å²) < 4.78 is 9.12. The van der Waals surface area contributed by atoms with Gasteiger partial charge in [0.05, 0.1) is 0 Å². The van der Waals surface area contributed by atoms with Crippen molar-refractivity contribution in [1.29, 1.82) is 0 Å². The quantitative estimate of drug-likeness (QED) is 0.296. The van der Waals surface area contributed by atoms with Gasteiger partial charge in [0.25, 0.3) is 0 Å². The smallest absolute Gasteiger partial charge is 0.430 e. The fraction of sp³-hybridized carbons (Fsp3) is 0.800. The molecule has 1 saturated heterocycles. The zero-order chi connectivity index (χ0) is 10.6.